The minimum absolute atomic E-state index is 0.0950. The molecule has 0 saturated heterocycles. The maximum atomic E-state index is 14.1. The first-order valence-electron chi connectivity index (χ1n) is 11.8. The van der Waals surface area contributed by atoms with Crippen LogP contribution < -0.4 is 5.69 Å². The van der Waals surface area contributed by atoms with Gasteiger partial charge in [-0.05, 0) is 67.8 Å². The molecule has 8 nitrogen and oxygen atoms in total. The number of carboxylic acid groups (broad SMARTS) is 1. The number of aryl methyl sites for hydroxylation is 2. The number of nitriles is 1. The zero-order chi connectivity index (χ0) is 26.4. The van der Waals surface area contributed by atoms with E-state index in [1.165, 1.54) is 34.9 Å². The number of hydrogen-bond acceptors (Lipinski definition) is 4. The average molecular weight is 498 g/mol. The highest BCUT2D eigenvalue weighted by Crippen LogP contribution is 2.33. The van der Waals surface area contributed by atoms with Gasteiger partial charge in [-0.2, -0.15) is 5.26 Å². The highest BCUT2D eigenvalue weighted by atomic mass is 19.1. The van der Waals surface area contributed by atoms with Crippen LogP contribution in [0.3, 0.4) is 0 Å². The third kappa shape index (κ3) is 4.06. The van der Waals surface area contributed by atoms with Crippen LogP contribution in [0, 0.1) is 31.0 Å². The zero-order valence-electron chi connectivity index (χ0n) is 20.5. The van der Waals surface area contributed by atoms with Crippen LogP contribution in [0.2, 0.25) is 0 Å². The van der Waals surface area contributed by atoms with Crippen molar-refractivity contribution in [1.82, 2.24) is 19.1 Å². The summed E-state index contributed by atoms with van der Waals surface area (Å²) in [6.45, 7) is 5.93. The molecule has 0 aliphatic carbocycles. The van der Waals surface area contributed by atoms with E-state index in [1.54, 1.807) is 10.6 Å². The summed E-state index contributed by atoms with van der Waals surface area (Å²) in [5.41, 5.74) is 4.76. The Hall–Kier alpha value is -4.71. The molecule has 0 saturated carbocycles. The van der Waals surface area contributed by atoms with Crippen LogP contribution in [0.4, 0.5) is 4.39 Å². The van der Waals surface area contributed by atoms with Crippen LogP contribution >= 0.6 is 0 Å². The SMILES string of the molecule is Cc1cc(C)c2c(C(C)n3c(=O)n(C(CC(=O)O)c4ccc(F)cc4)c4nc(C#N)ccc43)c[nH]c2c1. The van der Waals surface area contributed by atoms with E-state index in [9.17, 15) is 24.3 Å². The highest BCUT2D eigenvalue weighted by molar-refractivity contribution is 5.88. The maximum Gasteiger partial charge on any atom is 0.331 e. The smallest absolute Gasteiger partial charge is 0.331 e. The summed E-state index contributed by atoms with van der Waals surface area (Å²) in [4.78, 5) is 33.7. The highest BCUT2D eigenvalue weighted by Gasteiger charge is 2.28. The first-order valence-corrected chi connectivity index (χ1v) is 11.8. The number of hydrogen-bond donors (Lipinski definition) is 2. The molecular formula is C28H24FN5O3. The number of aliphatic carboxylic acids is 1. The summed E-state index contributed by atoms with van der Waals surface area (Å²) in [5, 5.41) is 20.2. The average Bonchev–Trinajstić information content (AvgIpc) is 3.40. The Morgan fingerprint density at radius 3 is 2.57 bits per heavy atom. The number of aromatic amines is 1. The first kappa shape index (κ1) is 24.0. The van der Waals surface area contributed by atoms with Gasteiger partial charge in [-0.25, -0.2) is 14.2 Å². The van der Waals surface area contributed by atoms with Gasteiger partial charge < -0.3 is 10.1 Å². The second-order valence-electron chi connectivity index (χ2n) is 9.26. The van der Waals surface area contributed by atoms with E-state index < -0.39 is 36.0 Å². The molecule has 2 N–H and O–H groups in total. The topological polar surface area (TPSA) is 117 Å². The molecule has 0 aliphatic rings. The van der Waals surface area contributed by atoms with Gasteiger partial charge >= 0.3 is 11.7 Å². The summed E-state index contributed by atoms with van der Waals surface area (Å²) < 4.78 is 16.5. The van der Waals surface area contributed by atoms with E-state index in [0.29, 0.717) is 11.1 Å². The molecule has 0 spiro atoms. The molecule has 0 amide bonds. The number of benzene rings is 2. The molecule has 2 unspecified atom stereocenters. The van der Waals surface area contributed by atoms with E-state index in [2.05, 4.69) is 16.0 Å². The van der Waals surface area contributed by atoms with Crippen molar-refractivity contribution in [2.75, 3.05) is 0 Å². The zero-order valence-corrected chi connectivity index (χ0v) is 20.5. The molecule has 3 aromatic heterocycles. The lowest BCUT2D eigenvalue weighted by Gasteiger charge is -2.18. The fourth-order valence-corrected chi connectivity index (χ4v) is 5.20. The molecular weight excluding hydrogens is 473 g/mol. The fraction of sp³-hybridized carbons (Fsp3) is 0.214. The Labute approximate surface area is 211 Å². The van der Waals surface area contributed by atoms with Gasteiger partial charge in [0.25, 0.3) is 0 Å². The summed E-state index contributed by atoms with van der Waals surface area (Å²) in [7, 11) is 0. The second-order valence-corrected chi connectivity index (χ2v) is 9.26. The lowest BCUT2D eigenvalue weighted by Crippen LogP contribution is -2.31. The molecule has 9 heteroatoms. The van der Waals surface area contributed by atoms with Crippen molar-refractivity contribution in [3.63, 3.8) is 0 Å². The van der Waals surface area contributed by atoms with E-state index in [0.717, 1.165) is 27.6 Å². The largest absolute Gasteiger partial charge is 0.481 e. The van der Waals surface area contributed by atoms with Crippen molar-refractivity contribution in [2.45, 2.75) is 39.3 Å². The molecule has 5 rings (SSSR count). The molecule has 2 atom stereocenters. The summed E-state index contributed by atoms with van der Waals surface area (Å²) in [5.74, 6) is -1.61. The Balaban J connectivity index is 1.79. The lowest BCUT2D eigenvalue weighted by molar-refractivity contribution is -0.137. The van der Waals surface area contributed by atoms with Crippen LogP contribution in [-0.4, -0.2) is 30.2 Å². The first-order chi connectivity index (χ1) is 17.7. The van der Waals surface area contributed by atoms with Crippen molar-refractivity contribution in [3.05, 3.63) is 99.0 Å². The molecule has 5 aromatic rings. The molecule has 3 heterocycles. The van der Waals surface area contributed by atoms with Gasteiger partial charge in [0, 0.05) is 22.7 Å². The number of carboxylic acids is 1. The Kier molecular flexibility index (Phi) is 5.88. The van der Waals surface area contributed by atoms with Gasteiger partial charge in [-0.15, -0.1) is 0 Å². The molecule has 0 aliphatic heterocycles. The van der Waals surface area contributed by atoms with Gasteiger partial charge in [0.2, 0.25) is 0 Å². The summed E-state index contributed by atoms with van der Waals surface area (Å²) in [6.07, 6.45) is 1.45. The lowest BCUT2D eigenvalue weighted by atomic mass is 10.0. The molecule has 0 bridgehead atoms. The van der Waals surface area contributed by atoms with Crippen molar-refractivity contribution in [2.24, 2.45) is 0 Å². The Bertz CT molecular complexity index is 1770. The van der Waals surface area contributed by atoms with Crippen molar-refractivity contribution in [3.8, 4) is 6.07 Å². The number of rotatable bonds is 6. The number of aromatic nitrogens is 4. The quantitative estimate of drug-likeness (QED) is 0.343. The monoisotopic (exact) mass is 497 g/mol. The summed E-state index contributed by atoms with van der Waals surface area (Å²) in [6, 6.07) is 13.3. The van der Waals surface area contributed by atoms with Gasteiger partial charge in [-0.3, -0.25) is 13.9 Å². The number of halogens is 1. The van der Waals surface area contributed by atoms with Gasteiger partial charge in [0.1, 0.15) is 17.6 Å². The van der Waals surface area contributed by atoms with Crippen LogP contribution in [0.15, 0.2) is 59.5 Å². The number of nitrogens with zero attached hydrogens (tertiary/aromatic N) is 4. The third-order valence-electron chi connectivity index (χ3n) is 6.79. The minimum Gasteiger partial charge on any atom is -0.481 e. The standard InChI is InChI=1S/C28H24FN5O3/c1-15-10-16(2)26-21(14-31-22(26)11-15)17(3)33-23-9-8-20(13-30)32-27(23)34(28(33)37)24(12-25(35)36)18-4-6-19(29)7-5-18/h4-11,14,17,24,31H,12H2,1-3H3,(H,35,36). The van der Waals surface area contributed by atoms with Crippen molar-refractivity contribution < 1.29 is 14.3 Å². The number of fused-ring (bicyclic) bond motifs is 2. The normalized spacial score (nSPS) is 13.1. The number of imidazole rings is 1. The van der Waals surface area contributed by atoms with Crippen LogP contribution in [0.1, 0.15) is 53.4 Å². The number of pyridine rings is 1. The molecule has 37 heavy (non-hydrogen) atoms. The number of carbonyl (C=O) groups is 1. The third-order valence-corrected chi connectivity index (χ3v) is 6.79. The van der Waals surface area contributed by atoms with E-state index in [1.807, 2.05) is 39.1 Å². The molecule has 2 aromatic carbocycles. The van der Waals surface area contributed by atoms with Gasteiger partial charge in [0.15, 0.2) is 5.65 Å². The van der Waals surface area contributed by atoms with E-state index in [4.69, 9.17) is 0 Å². The second kappa shape index (κ2) is 9.06. The molecule has 0 radical (unpaired) electrons. The van der Waals surface area contributed by atoms with Gasteiger partial charge in [-0.1, -0.05) is 18.2 Å². The van der Waals surface area contributed by atoms with Crippen molar-refractivity contribution >= 4 is 28.0 Å². The van der Waals surface area contributed by atoms with Gasteiger partial charge in [0.05, 0.1) is 24.0 Å². The van der Waals surface area contributed by atoms with Crippen LogP contribution in [-0.2, 0) is 4.79 Å². The van der Waals surface area contributed by atoms with Crippen molar-refractivity contribution in [1.29, 1.82) is 5.26 Å². The maximum absolute atomic E-state index is 14.1. The molecule has 0 fully saturated rings. The van der Waals surface area contributed by atoms with Crippen LogP contribution in [0.5, 0.6) is 0 Å². The fourth-order valence-electron chi connectivity index (χ4n) is 5.20. The van der Waals surface area contributed by atoms with Crippen LogP contribution in [0.25, 0.3) is 22.1 Å². The predicted octanol–water partition coefficient (Wildman–Crippen LogP) is 4.98. The van der Waals surface area contributed by atoms with E-state index in [-0.39, 0.29) is 11.3 Å². The molecule has 186 valence electrons. The Morgan fingerprint density at radius 1 is 1.16 bits per heavy atom. The minimum atomic E-state index is -1.13. The van der Waals surface area contributed by atoms with E-state index >= 15 is 0 Å². The Morgan fingerprint density at radius 2 is 1.89 bits per heavy atom. The number of nitrogens with one attached hydrogen (secondary N) is 1. The number of H-pyrrole nitrogens is 1. The summed E-state index contributed by atoms with van der Waals surface area (Å²) >= 11 is 0. The predicted molar refractivity (Wildman–Crippen MR) is 137 cm³/mol.